The number of aryl methyl sites for hydroxylation is 2. The number of hydrogen-bond acceptors (Lipinski definition) is 3. The van der Waals surface area contributed by atoms with Crippen LogP contribution in [0.2, 0.25) is 0 Å². The summed E-state index contributed by atoms with van der Waals surface area (Å²) in [7, 11) is 0. The van der Waals surface area contributed by atoms with Crippen molar-refractivity contribution in [2.75, 3.05) is 5.43 Å². The Balaban J connectivity index is 1.61. The number of nitrogens with one attached hydrogen (secondary N) is 2. The number of hydrazine groups is 1. The van der Waals surface area contributed by atoms with Crippen LogP contribution in [0.25, 0.3) is 28.1 Å². The first-order valence-corrected chi connectivity index (χ1v) is 10.6. The van der Waals surface area contributed by atoms with E-state index >= 15 is 0 Å². The van der Waals surface area contributed by atoms with Crippen molar-refractivity contribution in [3.8, 4) is 28.1 Å². The summed E-state index contributed by atoms with van der Waals surface area (Å²) in [5.74, 6) is 0. The molecule has 152 valence electrons. The highest BCUT2D eigenvalue weighted by atomic mass is 32.2. The third-order valence-electron chi connectivity index (χ3n) is 4.79. The van der Waals surface area contributed by atoms with Crippen molar-refractivity contribution in [3.63, 3.8) is 0 Å². The molecule has 0 radical (unpaired) electrons. The lowest BCUT2D eigenvalue weighted by atomic mass is 10.0. The Morgan fingerprint density at radius 1 is 0.833 bits per heavy atom. The van der Waals surface area contributed by atoms with E-state index in [9.17, 15) is 4.21 Å². The highest BCUT2D eigenvalue weighted by Crippen LogP contribution is 2.28. The van der Waals surface area contributed by atoms with Gasteiger partial charge in [0.25, 0.3) is 0 Å². The van der Waals surface area contributed by atoms with Crippen molar-refractivity contribution in [2.24, 2.45) is 0 Å². The molecule has 0 saturated carbocycles. The molecule has 6 nitrogen and oxygen atoms in total. The molecule has 1 unspecified atom stereocenters. The van der Waals surface area contributed by atoms with Gasteiger partial charge in [-0.2, -0.15) is 5.10 Å². The summed E-state index contributed by atoms with van der Waals surface area (Å²) in [5.41, 5.74) is 10.9. The lowest BCUT2D eigenvalue weighted by molar-refractivity contribution is 0.555. The van der Waals surface area contributed by atoms with Crippen LogP contribution < -0.4 is 10.3 Å². The molecule has 0 aliphatic carbocycles. The molecule has 0 fully saturated rings. The van der Waals surface area contributed by atoms with Crippen LogP contribution in [0.15, 0.2) is 78.9 Å². The SMILES string of the molecule is Cc1ccc(-c2ccc(-c3cc(C)nn3-c3ccc(NNS(=O)O)cc3)cc2)cc1. The Morgan fingerprint density at radius 2 is 1.40 bits per heavy atom. The average Bonchev–Trinajstić information content (AvgIpc) is 3.15. The summed E-state index contributed by atoms with van der Waals surface area (Å²) in [4.78, 5) is 2.24. The highest BCUT2D eigenvalue weighted by Gasteiger charge is 2.10. The van der Waals surface area contributed by atoms with E-state index in [-0.39, 0.29) is 0 Å². The van der Waals surface area contributed by atoms with Gasteiger partial charge >= 0.3 is 0 Å². The van der Waals surface area contributed by atoms with E-state index in [2.05, 4.69) is 76.9 Å². The fraction of sp³-hybridized carbons (Fsp3) is 0.0870. The molecule has 0 spiro atoms. The van der Waals surface area contributed by atoms with Crippen LogP contribution >= 0.6 is 0 Å². The molecule has 3 aromatic carbocycles. The number of rotatable bonds is 6. The van der Waals surface area contributed by atoms with Crippen LogP contribution in [-0.2, 0) is 11.3 Å². The van der Waals surface area contributed by atoms with E-state index < -0.39 is 11.3 Å². The average molecular weight is 419 g/mol. The number of benzene rings is 3. The van der Waals surface area contributed by atoms with E-state index in [1.54, 1.807) is 0 Å². The minimum absolute atomic E-state index is 0.675. The predicted octanol–water partition coefficient (Wildman–Crippen LogP) is 4.88. The zero-order valence-corrected chi connectivity index (χ0v) is 17.5. The van der Waals surface area contributed by atoms with Crippen molar-refractivity contribution in [2.45, 2.75) is 13.8 Å². The van der Waals surface area contributed by atoms with Crippen LogP contribution in [0, 0.1) is 13.8 Å². The van der Waals surface area contributed by atoms with Crippen LogP contribution in [0.1, 0.15) is 11.3 Å². The Morgan fingerprint density at radius 3 is 2.00 bits per heavy atom. The smallest absolute Gasteiger partial charge is 0.250 e. The Kier molecular flexibility index (Phi) is 5.76. The summed E-state index contributed by atoms with van der Waals surface area (Å²) in [5, 5.41) is 4.64. The molecule has 30 heavy (non-hydrogen) atoms. The van der Waals surface area contributed by atoms with Crippen molar-refractivity contribution < 1.29 is 8.76 Å². The molecule has 0 saturated heterocycles. The molecule has 0 bridgehead atoms. The van der Waals surface area contributed by atoms with Crippen LogP contribution in [0.4, 0.5) is 5.69 Å². The van der Waals surface area contributed by atoms with E-state index in [1.165, 1.54) is 16.7 Å². The van der Waals surface area contributed by atoms with Crippen molar-refractivity contribution in [3.05, 3.63) is 90.1 Å². The van der Waals surface area contributed by atoms with Gasteiger partial charge < -0.3 is 5.43 Å². The van der Waals surface area contributed by atoms with Crippen LogP contribution in [0.5, 0.6) is 0 Å². The first-order chi connectivity index (χ1) is 14.5. The normalized spacial score (nSPS) is 12.0. The maximum Gasteiger partial charge on any atom is 0.250 e. The van der Waals surface area contributed by atoms with E-state index in [4.69, 9.17) is 4.55 Å². The summed E-state index contributed by atoms with van der Waals surface area (Å²) < 4.78 is 21.4. The van der Waals surface area contributed by atoms with Gasteiger partial charge in [0.1, 0.15) is 0 Å². The van der Waals surface area contributed by atoms with Crippen molar-refractivity contribution >= 4 is 17.0 Å². The van der Waals surface area contributed by atoms with Crippen molar-refractivity contribution in [1.82, 2.24) is 14.6 Å². The lowest BCUT2D eigenvalue weighted by Gasteiger charge is -2.10. The summed E-state index contributed by atoms with van der Waals surface area (Å²) >= 11 is -2.13. The zero-order chi connectivity index (χ0) is 21.1. The van der Waals surface area contributed by atoms with Gasteiger partial charge in [-0.25, -0.2) is 8.89 Å². The topological polar surface area (TPSA) is 79.2 Å². The molecule has 1 aromatic heterocycles. The third kappa shape index (κ3) is 4.49. The molecular formula is C23H22N4O2S. The quantitative estimate of drug-likeness (QED) is 0.308. The molecule has 1 atom stereocenters. The van der Waals surface area contributed by atoms with Crippen LogP contribution in [0.3, 0.4) is 0 Å². The van der Waals surface area contributed by atoms with E-state index in [1.807, 2.05) is 35.9 Å². The summed E-state index contributed by atoms with van der Waals surface area (Å²) in [6.07, 6.45) is 0. The molecule has 3 N–H and O–H groups in total. The standard InChI is InChI=1S/C23H22N4O2S/c1-16-3-5-18(6-4-16)19-7-9-20(10-8-19)23-15-17(2)25-27(23)22-13-11-21(12-14-22)24-26-30(28)29/h3-15,24,26H,1-2H3,(H,28,29). The molecular weight excluding hydrogens is 396 g/mol. The number of nitrogens with zero attached hydrogens (tertiary/aromatic N) is 2. The number of anilines is 1. The molecule has 0 aliphatic heterocycles. The van der Waals surface area contributed by atoms with Gasteiger partial charge in [-0.1, -0.05) is 54.1 Å². The third-order valence-corrected chi connectivity index (χ3v) is 5.07. The largest absolute Gasteiger partial charge is 0.308 e. The number of hydrogen-bond donors (Lipinski definition) is 3. The van der Waals surface area contributed by atoms with Crippen LogP contribution in [-0.4, -0.2) is 18.5 Å². The summed E-state index contributed by atoms with van der Waals surface area (Å²) in [6.45, 7) is 4.06. The predicted molar refractivity (Wildman–Crippen MR) is 121 cm³/mol. The molecule has 0 amide bonds. The van der Waals surface area contributed by atoms with E-state index in [0.29, 0.717) is 5.69 Å². The minimum atomic E-state index is -2.13. The highest BCUT2D eigenvalue weighted by molar-refractivity contribution is 7.77. The minimum Gasteiger partial charge on any atom is -0.308 e. The summed E-state index contributed by atoms with van der Waals surface area (Å²) in [6, 6.07) is 26.5. The first kappa shape index (κ1) is 20.0. The first-order valence-electron chi connectivity index (χ1n) is 9.47. The Bertz CT molecular complexity index is 1170. The second-order valence-corrected chi connectivity index (χ2v) is 7.75. The van der Waals surface area contributed by atoms with Gasteiger partial charge in [0.15, 0.2) is 0 Å². The van der Waals surface area contributed by atoms with Crippen molar-refractivity contribution in [1.29, 1.82) is 0 Å². The maximum absolute atomic E-state index is 10.7. The second kappa shape index (κ2) is 8.62. The Hall–Kier alpha value is -3.26. The molecule has 0 aliphatic rings. The maximum atomic E-state index is 10.7. The van der Waals surface area contributed by atoms with Gasteiger partial charge in [0, 0.05) is 11.3 Å². The fourth-order valence-electron chi connectivity index (χ4n) is 3.27. The molecule has 7 heteroatoms. The Labute approximate surface area is 178 Å². The fourth-order valence-corrected chi connectivity index (χ4v) is 3.48. The zero-order valence-electron chi connectivity index (χ0n) is 16.7. The van der Waals surface area contributed by atoms with Gasteiger partial charge in [0.05, 0.1) is 17.1 Å². The van der Waals surface area contributed by atoms with Gasteiger partial charge in [0.2, 0.25) is 11.3 Å². The monoisotopic (exact) mass is 418 g/mol. The van der Waals surface area contributed by atoms with Gasteiger partial charge in [-0.05, 0) is 55.3 Å². The van der Waals surface area contributed by atoms with Gasteiger partial charge in [-0.15, -0.1) is 4.83 Å². The number of aromatic nitrogens is 2. The molecule has 4 aromatic rings. The van der Waals surface area contributed by atoms with E-state index in [0.717, 1.165) is 22.6 Å². The van der Waals surface area contributed by atoms with Gasteiger partial charge in [-0.3, -0.25) is 4.55 Å². The molecule has 4 rings (SSSR count). The second-order valence-electron chi connectivity index (χ2n) is 7.05. The molecule has 1 heterocycles. The lowest BCUT2D eigenvalue weighted by Crippen LogP contribution is -2.23.